The fourth-order valence-corrected chi connectivity index (χ4v) is 8.39. The highest BCUT2D eigenvalue weighted by atomic mass is 16.7. The predicted molar refractivity (Wildman–Crippen MR) is 212 cm³/mol. The SMILES string of the molecule is COC1C=COC2(C)Oc3c(C)c(O)c4c(c3C2=O)C(=O)C(N2CCCC(C(N)=O)C2)=C(NC(=O)C(C)=CC=CC(C)C(O)C(C)C(O)C(C)C(OC(C)=O)C1C)C4=O. The molecule has 6 N–H and O–H groups in total. The highest BCUT2D eigenvalue weighted by Crippen LogP contribution is 2.49. The van der Waals surface area contributed by atoms with Crippen LogP contribution in [0.5, 0.6) is 11.5 Å². The van der Waals surface area contributed by atoms with Crippen LogP contribution >= 0.6 is 0 Å². The number of benzene rings is 1. The van der Waals surface area contributed by atoms with Crippen molar-refractivity contribution in [3.63, 3.8) is 0 Å². The Balaban J connectivity index is 1.69. The summed E-state index contributed by atoms with van der Waals surface area (Å²) in [6.45, 7) is 12.4. The first-order valence-electron chi connectivity index (χ1n) is 19.7. The van der Waals surface area contributed by atoms with Gasteiger partial charge in [-0.3, -0.25) is 28.8 Å². The first kappa shape index (κ1) is 44.8. The third-order valence-electron chi connectivity index (χ3n) is 12.1. The van der Waals surface area contributed by atoms with Crippen molar-refractivity contribution >= 4 is 35.1 Å². The number of nitrogens with zero attached hydrogens (tertiary/aromatic N) is 1. The van der Waals surface area contributed by atoms with Crippen LogP contribution in [0.15, 0.2) is 47.5 Å². The number of aliphatic hydroxyl groups is 2. The van der Waals surface area contributed by atoms with E-state index in [1.807, 2.05) is 0 Å². The van der Waals surface area contributed by atoms with E-state index in [1.165, 1.54) is 57.9 Å². The van der Waals surface area contributed by atoms with Gasteiger partial charge in [0.25, 0.3) is 11.7 Å². The molecular formula is C43H55N3O13. The number of aromatic hydroxyl groups is 1. The fraction of sp³-hybridized carbons (Fsp3) is 0.535. The molecule has 1 aromatic rings. The average molecular weight is 822 g/mol. The minimum absolute atomic E-state index is 0.0390. The molecule has 59 heavy (non-hydrogen) atoms. The predicted octanol–water partition coefficient (Wildman–Crippen LogP) is 3.16. The van der Waals surface area contributed by atoms with Gasteiger partial charge < -0.3 is 50.2 Å². The number of carbonyl (C=O) groups is 6. The van der Waals surface area contributed by atoms with Gasteiger partial charge in [-0.05, 0) is 32.8 Å². The number of nitrogens with one attached hydrogen (secondary N) is 1. The maximum atomic E-state index is 14.8. The highest BCUT2D eigenvalue weighted by Gasteiger charge is 2.53. The van der Waals surface area contributed by atoms with Gasteiger partial charge in [-0.1, -0.05) is 45.9 Å². The number of likely N-dealkylation sites (tertiary alicyclic amines) is 1. The van der Waals surface area contributed by atoms with Crippen molar-refractivity contribution in [3.8, 4) is 11.5 Å². The molecule has 5 bridgehead atoms. The summed E-state index contributed by atoms with van der Waals surface area (Å²) in [5.41, 5.74) is 3.69. The number of rotatable bonds is 4. The number of hydrogen-bond donors (Lipinski definition) is 5. The zero-order chi connectivity index (χ0) is 43.8. The lowest BCUT2D eigenvalue weighted by atomic mass is 9.78. The lowest BCUT2D eigenvalue weighted by molar-refractivity contribution is -0.160. The van der Waals surface area contributed by atoms with Crippen molar-refractivity contribution in [2.24, 2.45) is 35.3 Å². The Hall–Kier alpha value is -5.32. The quantitative estimate of drug-likeness (QED) is 0.274. The summed E-state index contributed by atoms with van der Waals surface area (Å²) in [5, 5.41) is 37.0. The molecule has 0 spiro atoms. The van der Waals surface area contributed by atoms with Crippen LogP contribution in [-0.2, 0) is 28.6 Å². The molecule has 10 atom stereocenters. The molecule has 16 nitrogen and oxygen atoms in total. The molecule has 0 radical (unpaired) electrons. The number of piperidine rings is 1. The van der Waals surface area contributed by atoms with Crippen molar-refractivity contribution in [1.29, 1.82) is 0 Å². The van der Waals surface area contributed by atoms with E-state index in [1.54, 1.807) is 33.8 Å². The number of allylic oxidation sites excluding steroid dienone is 4. The van der Waals surface area contributed by atoms with Crippen molar-refractivity contribution in [2.75, 3.05) is 20.2 Å². The molecule has 2 amide bonds. The van der Waals surface area contributed by atoms with Gasteiger partial charge in [0.1, 0.15) is 29.0 Å². The summed E-state index contributed by atoms with van der Waals surface area (Å²) in [6, 6.07) is 0. The van der Waals surface area contributed by atoms with Gasteiger partial charge in [0.2, 0.25) is 17.5 Å². The summed E-state index contributed by atoms with van der Waals surface area (Å²) < 4.78 is 23.5. The largest absolute Gasteiger partial charge is 0.507 e. The number of Topliss-reactive ketones (excluding diaryl/α,β-unsaturated/α-hetero) is 3. The molecule has 1 aromatic carbocycles. The van der Waals surface area contributed by atoms with Gasteiger partial charge in [0.05, 0.1) is 47.2 Å². The van der Waals surface area contributed by atoms with E-state index in [0.717, 1.165) is 6.26 Å². The first-order chi connectivity index (χ1) is 27.7. The molecule has 6 rings (SSSR count). The number of hydrogen-bond acceptors (Lipinski definition) is 14. The van der Waals surface area contributed by atoms with E-state index in [2.05, 4.69) is 5.32 Å². The zero-order valence-corrected chi connectivity index (χ0v) is 34.9. The summed E-state index contributed by atoms with van der Waals surface area (Å²) in [4.78, 5) is 83.7. The van der Waals surface area contributed by atoms with Gasteiger partial charge in [0, 0.05) is 68.9 Å². The monoisotopic (exact) mass is 821 g/mol. The van der Waals surface area contributed by atoms with E-state index in [4.69, 9.17) is 24.7 Å². The van der Waals surface area contributed by atoms with Gasteiger partial charge in [-0.2, -0.15) is 0 Å². The number of primary amides is 1. The van der Waals surface area contributed by atoms with Crippen LogP contribution in [-0.4, -0.2) is 106 Å². The highest BCUT2D eigenvalue weighted by molar-refractivity contribution is 6.32. The Labute approximate surface area is 343 Å². The van der Waals surface area contributed by atoms with Crippen LogP contribution in [0.1, 0.15) is 97.9 Å². The molecule has 1 aliphatic carbocycles. The standard InChI is InChI=1S/C43H55N3O13/c1-19-12-10-13-20(2)42(55)45-31-32(46-16-11-14-26(18-46)41(44)54)37(52)28-29(36(31)51)35(50)24(6)39-30(28)40(53)43(8,59-39)57-17-15-27(56-9)21(3)38(58-25(7)47)23(5)34(49)22(4)33(19)48/h10,12-13,15,17,19,21-23,26-27,33-34,38,48-50H,11,14,16,18H2,1-9H3,(H2,44,54)(H,45,55). The number of esters is 1. The molecular weight excluding hydrogens is 766 g/mol. The third-order valence-corrected chi connectivity index (χ3v) is 12.1. The van der Waals surface area contributed by atoms with Crippen LogP contribution in [0.25, 0.3) is 0 Å². The summed E-state index contributed by atoms with van der Waals surface area (Å²) in [5.74, 6) is -10.9. The van der Waals surface area contributed by atoms with Crippen LogP contribution in [0.2, 0.25) is 0 Å². The summed E-state index contributed by atoms with van der Waals surface area (Å²) in [7, 11) is 1.41. The van der Waals surface area contributed by atoms with Gasteiger partial charge >= 0.3 is 11.8 Å². The zero-order valence-electron chi connectivity index (χ0n) is 34.9. The van der Waals surface area contributed by atoms with Crippen molar-refractivity contribution in [3.05, 3.63) is 69.8 Å². The third kappa shape index (κ3) is 8.43. The Morgan fingerprint density at radius 1 is 0.966 bits per heavy atom. The molecule has 320 valence electrons. The minimum Gasteiger partial charge on any atom is -0.507 e. The van der Waals surface area contributed by atoms with E-state index in [-0.39, 0.29) is 41.2 Å². The van der Waals surface area contributed by atoms with Gasteiger partial charge in [-0.15, -0.1) is 0 Å². The Morgan fingerprint density at radius 3 is 2.27 bits per heavy atom. The second-order valence-corrected chi connectivity index (χ2v) is 16.2. The van der Waals surface area contributed by atoms with E-state index in [9.17, 15) is 44.1 Å². The average Bonchev–Trinajstić information content (AvgIpc) is 3.46. The van der Waals surface area contributed by atoms with Crippen molar-refractivity contribution in [1.82, 2.24) is 10.2 Å². The van der Waals surface area contributed by atoms with Crippen LogP contribution in [0.3, 0.4) is 0 Å². The molecule has 1 saturated heterocycles. The molecule has 0 aromatic heterocycles. The minimum atomic E-state index is -2.12. The van der Waals surface area contributed by atoms with E-state index < -0.39 is 117 Å². The van der Waals surface area contributed by atoms with Gasteiger partial charge in [0.15, 0.2) is 0 Å². The summed E-state index contributed by atoms with van der Waals surface area (Å²) in [6.07, 6.45) is 4.05. The number of aliphatic hydroxyl groups excluding tert-OH is 2. The Kier molecular flexibility index (Phi) is 13.3. The molecule has 4 aliphatic heterocycles. The lowest BCUT2D eigenvalue weighted by Gasteiger charge is -2.38. The smallest absolute Gasteiger partial charge is 0.312 e. The Bertz CT molecular complexity index is 2050. The maximum absolute atomic E-state index is 14.8. The maximum Gasteiger partial charge on any atom is 0.312 e. The fourth-order valence-electron chi connectivity index (χ4n) is 8.39. The molecule has 10 unspecified atom stereocenters. The van der Waals surface area contributed by atoms with Gasteiger partial charge in [-0.25, -0.2) is 0 Å². The van der Waals surface area contributed by atoms with Crippen molar-refractivity contribution in [2.45, 2.75) is 98.4 Å². The van der Waals surface area contributed by atoms with Crippen LogP contribution in [0.4, 0.5) is 0 Å². The topological polar surface area (TPSA) is 241 Å². The lowest BCUT2D eigenvalue weighted by Crippen LogP contribution is -2.46. The number of ether oxygens (including phenoxy) is 4. The molecule has 0 saturated carbocycles. The molecule has 5 aliphatic rings. The number of methoxy groups -OCH3 is 1. The second-order valence-electron chi connectivity index (χ2n) is 16.2. The van der Waals surface area contributed by atoms with Crippen LogP contribution in [0, 0.1) is 36.5 Å². The molecule has 4 heterocycles. The number of fused-ring (bicyclic) bond motifs is 14. The number of amides is 2. The van der Waals surface area contributed by atoms with Crippen LogP contribution < -0.4 is 15.8 Å². The molecule has 1 fully saturated rings. The normalized spacial score (nSPS) is 32.0. The van der Waals surface area contributed by atoms with E-state index >= 15 is 0 Å². The summed E-state index contributed by atoms with van der Waals surface area (Å²) >= 11 is 0. The number of carbonyl (C=O) groups excluding carboxylic acids is 6. The number of phenolic OH excluding ortho intramolecular Hbond substituents is 1. The van der Waals surface area contributed by atoms with Crippen molar-refractivity contribution < 1.29 is 63.0 Å². The number of phenols is 1. The first-order valence-corrected chi connectivity index (χ1v) is 19.7. The second kappa shape index (κ2) is 17.5. The molecule has 16 heteroatoms. The number of ketones is 3. The Morgan fingerprint density at radius 2 is 1.64 bits per heavy atom. The number of nitrogens with two attached hydrogens (primary N) is 1. The van der Waals surface area contributed by atoms with E-state index in [0.29, 0.717) is 12.8 Å².